The van der Waals surface area contributed by atoms with Crippen molar-refractivity contribution in [2.24, 2.45) is 5.92 Å². The molecule has 0 aliphatic carbocycles. The van der Waals surface area contributed by atoms with Gasteiger partial charge in [0.1, 0.15) is 17.3 Å². The summed E-state index contributed by atoms with van der Waals surface area (Å²) in [5.41, 5.74) is 1.06. The van der Waals surface area contributed by atoms with E-state index in [1.807, 2.05) is 6.92 Å². The van der Waals surface area contributed by atoms with Crippen LogP contribution in [-0.4, -0.2) is 34.3 Å². The van der Waals surface area contributed by atoms with E-state index in [2.05, 4.69) is 21.8 Å². The summed E-state index contributed by atoms with van der Waals surface area (Å²) in [6.45, 7) is 5.87. The molecule has 0 radical (unpaired) electrons. The first-order valence-corrected chi connectivity index (χ1v) is 7.43. The number of aliphatic hydroxyl groups excluding tert-OH is 1. The molecule has 0 bridgehead atoms. The van der Waals surface area contributed by atoms with E-state index in [1.54, 1.807) is 0 Å². The van der Waals surface area contributed by atoms with Crippen molar-refractivity contribution in [3.63, 3.8) is 0 Å². The van der Waals surface area contributed by atoms with Gasteiger partial charge in [-0.05, 0) is 32.1 Å². The molecule has 0 aromatic carbocycles. The van der Waals surface area contributed by atoms with E-state index in [-0.39, 0.29) is 6.10 Å². The van der Waals surface area contributed by atoms with Crippen molar-refractivity contribution < 1.29 is 5.11 Å². The van der Waals surface area contributed by atoms with Crippen molar-refractivity contribution in [2.45, 2.75) is 45.6 Å². The van der Waals surface area contributed by atoms with E-state index in [0.717, 1.165) is 50.2 Å². The molecular weight excluding hydrogens is 262 g/mol. The Kier molecular flexibility index (Phi) is 4.99. The molecule has 2 heterocycles. The average molecular weight is 284 g/mol. The van der Waals surface area contributed by atoms with Gasteiger partial charge < -0.3 is 10.0 Å². The molecule has 0 amide bonds. The van der Waals surface area contributed by atoms with Gasteiger partial charge in [0, 0.05) is 18.7 Å². The zero-order valence-electron chi connectivity index (χ0n) is 11.6. The number of piperidine rings is 1. The average Bonchev–Trinajstić information content (AvgIpc) is 2.41. The summed E-state index contributed by atoms with van der Waals surface area (Å²) in [6.07, 6.45) is 5.27. The molecule has 1 atom stereocenters. The predicted molar refractivity (Wildman–Crippen MR) is 77.7 cm³/mol. The topological polar surface area (TPSA) is 49.2 Å². The van der Waals surface area contributed by atoms with Gasteiger partial charge in [0.25, 0.3) is 0 Å². The second-order valence-electron chi connectivity index (χ2n) is 5.28. The number of aliphatic hydroxyl groups is 1. The molecule has 1 aromatic heterocycles. The number of nitrogens with zero attached hydrogens (tertiary/aromatic N) is 3. The molecule has 5 heteroatoms. The number of aromatic nitrogens is 2. The van der Waals surface area contributed by atoms with E-state index >= 15 is 0 Å². The first-order chi connectivity index (χ1) is 9.13. The molecule has 2 rings (SSSR count). The molecule has 0 saturated carbocycles. The Morgan fingerprint density at radius 2 is 2.11 bits per heavy atom. The fourth-order valence-corrected chi connectivity index (χ4v) is 2.94. The fraction of sp³-hybridized carbons (Fsp3) is 0.714. The highest BCUT2D eigenvalue weighted by molar-refractivity contribution is 6.30. The molecule has 106 valence electrons. The Bertz CT molecular complexity index is 417. The van der Waals surface area contributed by atoms with Crippen molar-refractivity contribution in [1.82, 2.24) is 9.97 Å². The van der Waals surface area contributed by atoms with Crippen LogP contribution < -0.4 is 4.90 Å². The summed E-state index contributed by atoms with van der Waals surface area (Å²) in [5, 5.41) is 10.2. The third-order valence-electron chi connectivity index (χ3n) is 3.89. The van der Waals surface area contributed by atoms with Crippen LogP contribution in [0, 0.1) is 5.92 Å². The lowest BCUT2D eigenvalue weighted by Gasteiger charge is -2.35. The van der Waals surface area contributed by atoms with Gasteiger partial charge in [-0.1, -0.05) is 24.9 Å². The standard InChI is InChI=1S/C14H22ClN3O/c1-3-4-12-13(15)16-9-17-14(12)18-7-5-11(6-8-18)10(2)19/h9-11,19H,3-8H2,1-2H3. The maximum absolute atomic E-state index is 9.65. The molecule has 4 nitrogen and oxygen atoms in total. The van der Waals surface area contributed by atoms with Crippen LogP contribution in [0.2, 0.25) is 5.15 Å². The zero-order valence-corrected chi connectivity index (χ0v) is 12.4. The van der Waals surface area contributed by atoms with E-state index in [9.17, 15) is 5.11 Å². The quantitative estimate of drug-likeness (QED) is 0.863. The van der Waals surface area contributed by atoms with Gasteiger partial charge in [-0.2, -0.15) is 0 Å². The lowest BCUT2D eigenvalue weighted by atomic mass is 9.92. The van der Waals surface area contributed by atoms with Gasteiger partial charge >= 0.3 is 0 Å². The molecule has 1 aromatic rings. The van der Waals surface area contributed by atoms with Crippen LogP contribution in [0.1, 0.15) is 38.7 Å². The Labute approximate surface area is 119 Å². The number of hydrogen-bond donors (Lipinski definition) is 1. The Hall–Kier alpha value is -0.870. The smallest absolute Gasteiger partial charge is 0.137 e. The first kappa shape index (κ1) is 14.5. The lowest BCUT2D eigenvalue weighted by Crippen LogP contribution is -2.38. The highest BCUT2D eigenvalue weighted by atomic mass is 35.5. The zero-order chi connectivity index (χ0) is 13.8. The van der Waals surface area contributed by atoms with E-state index in [0.29, 0.717) is 11.1 Å². The minimum absolute atomic E-state index is 0.216. The normalized spacial score (nSPS) is 18.6. The summed E-state index contributed by atoms with van der Waals surface area (Å²) in [5.74, 6) is 1.38. The highest BCUT2D eigenvalue weighted by Gasteiger charge is 2.25. The van der Waals surface area contributed by atoms with Crippen LogP contribution in [0.3, 0.4) is 0 Å². The second kappa shape index (κ2) is 6.53. The Morgan fingerprint density at radius 3 is 2.68 bits per heavy atom. The van der Waals surface area contributed by atoms with Crippen LogP contribution in [0.15, 0.2) is 6.33 Å². The first-order valence-electron chi connectivity index (χ1n) is 7.05. The van der Waals surface area contributed by atoms with Crippen molar-refractivity contribution >= 4 is 17.4 Å². The summed E-state index contributed by atoms with van der Waals surface area (Å²) in [4.78, 5) is 10.8. The molecule has 19 heavy (non-hydrogen) atoms. The number of hydrogen-bond acceptors (Lipinski definition) is 4. The van der Waals surface area contributed by atoms with Crippen LogP contribution in [0.5, 0.6) is 0 Å². The summed E-state index contributed by atoms with van der Waals surface area (Å²) in [6, 6.07) is 0. The summed E-state index contributed by atoms with van der Waals surface area (Å²) >= 11 is 6.19. The van der Waals surface area contributed by atoms with Crippen molar-refractivity contribution in [3.05, 3.63) is 17.0 Å². The molecule has 1 saturated heterocycles. The van der Waals surface area contributed by atoms with Gasteiger partial charge in [-0.25, -0.2) is 9.97 Å². The maximum atomic E-state index is 9.65. The molecule has 1 N–H and O–H groups in total. The van der Waals surface area contributed by atoms with E-state index < -0.39 is 0 Å². The van der Waals surface area contributed by atoms with Gasteiger partial charge in [0.15, 0.2) is 0 Å². The van der Waals surface area contributed by atoms with Gasteiger partial charge in [0.05, 0.1) is 6.10 Å². The van der Waals surface area contributed by atoms with Gasteiger partial charge in [-0.3, -0.25) is 0 Å². The van der Waals surface area contributed by atoms with E-state index in [4.69, 9.17) is 11.6 Å². The van der Waals surface area contributed by atoms with Crippen molar-refractivity contribution in [1.29, 1.82) is 0 Å². The van der Waals surface area contributed by atoms with Gasteiger partial charge in [-0.15, -0.1) is 0 Å². The van der Waals surface area contributed by atoms with Crippen LogP contribution >= 0.6 is 11.6 Å². The molecular formula is C14H22ClN3O. The predicted octanol–water partition coefficient (Wildman–Crippen LogP) is 2.68. The number of rotatable bonds is 4. The monoisotopic (exact) mass is 283 g/mol. The lowest BCUT2D eigenvalue weighted by molar-refractivity contribution is 0.109. The van der Waals surface area contributed by atoms with Crippen LogP contribution in [0.4, 0.5) is 5.82 Å². The molecule has 1 fully saturated rings. The van der Waals surface area contributed by atoms with Crippen molar-refractivity contribution in [2.75, 3.05) is 18.0 Å². The highest BCUT2D eigenvalue weighted by Crippen LogP contribution is 2.29. The second-order valence-corrected chi connectivity index (χ2v) is 5.64. The largest absolute Gasteiger partial charge is 0.393 e. The molecule has 1 aliphatic heterocycles. The molecule has 0 spiro atoms. The Balaban J connectivity index is 2.13. The SMILES string of the molecule is CCCc1c(Cl)ncnc1N1CCC(C(C)O)CC1. The van der Waals surface area contributed by atoms with Gasteiger partial charge in [0.2, 0.25) is 0 Å². The van der Waals surface area contributed by atoms with Crippen LogP contribution in [0.25, 0.3) is 0 Å². The summed E-state index contributed by atoms with van der Waals surface area (Å²) in [7, 11) is 0. The fourth-order valence-electron chi connectivity index (χ4n) is 2.71. The Morgan fingerprint density at radius 1 is 1.42 bits per heavy atom. The molecule has 1 aliphatic rings. The summed E-state index contributed by atoms with van der Waals surface area (Å²) < 4.78 is 0. The van der Waals surface area contributed by atoms with Crippen molar-refractivity contribution in [3.8, 4) is 0 Å². The maximum Gasteiger partial charge on any atom is 0.137 e. The third kappa shape index (κ3) is 3.37. The van der Waals surface area contributed by atoms with Crippen LogP contribution in [-0.2, 0) is 6.42 Å². The van der Waals surface area contributed by atoms with E-state index in [1.165, 1.54) is 6.33 Å². The third-order valence-corrected chi connectivity index (χ3v) is 4.22. The minimum atomic E-state index is -0.216. The number of halogens is 1. The minimum Gasteiger partial charge on any atom is -0.393 e. The molecule has 1 unspecified atom stereocenters. The number of anilines is 1.